The van der Waals surface area contributed by atoms with Crippen molar-refractivity contribution in [3.8, 4) is 0 Å². The maximum absolute atomic E-state index is 3.11. The number of rotatable bonds is 14. The molecule has 8 rings (SSSR count). The van der Waals surface area contributed by atoms with Crippen molar-refractivity contribution in [3.63, 3.8) is 0 Å². The zero-order valence-electron chi connectivity index (χ0n) is 32.8. The van der Waals surface area contributed by atoms with Crippen LogP contribution in [0.4, 0.5) is 0 Å². The van der Waals surface area contributed by atoms with E-state index in [1.165, 1.54) is 67.1 Å². The van der Waals surface area contributed by atoms with E-state index in [-0.39, 0.29) is 31.7 Å². The molecule has 0 amide bonds. The topological polar surface area (TPSA) is 0 Å². The molecule has 0 aromatic heterocycles. The fourth-order valence-electron chi connectivity index (χ4n) is 6.89. The smallest absolute Gasteiger partial charge is 0.0195 e. The van der Waals surface area contributed by atoms with Crippen LogP contribution in [-0.2, 0) is 13.9 Å². The molecule has 0 nitrogen and oxygen atoms in total. The summed E-state index contributed by atoms with van der Waals surface area (Å²) in [6.07, 6.45) is 4.83. The van der Waals surface area contributed by atoms with Crippen LogP contribution in [0.15, 0.2) is 243 Å². The molecule has 0 fully saturated rings. The van der Waals surface area contributed by atoms with E-state index in [0.717, 1.165) is 0 Å². The molecular formula is C52H48Br2P4Pd. The van der Waals surface area contributed by atoms with Crippen molar-refractivity contribution in [3.05, 3.63) is 243 Å². The van der Waals surface area contributed by atoms with Crippen LogP contribution in [0, 0.1) is 0 Å². The van der Waals surface area contributed by atoms with Gasteiger partial charge in [-0.3, -0.25) is 0 Å². The molecule has 0 aliphatic carbocycles. The Hall–Kier alpha value is -2.90. The molecule has 0 spiro atoms. The SMILES string of the molecule is [Br][Pd][Br].c1ccc(P(CCP(c2ccccc2)c2ccccc2)c2ccccc2)cc1.c1ccc(P(CCP(c2ccccc2)c2ccccc2)c2ccccc2)cc1. The Bertz CT molecular complexity index is 1790. The van der Waals surface area contributed by atoms with Crippen LogP contribution in [0.2, 0.25) is 0 Å². The minimum absolute atomic E-state index is 0.348. The number of hydrogen-bond donors (Lipinski definition) is 0. The summed E-state index contributed by atoms with van der Waals surface area (Å²) < 4.78 is 0. The van der Waals surface area contributed by atoms with Crippen molar-refractivity contribution in [2.45, 2.75) is 0 Å². The van der Waals surface area contributed by atoms with Gasteiger partial charge in [0.1, 0.15) is 0 Å². The van der Waals surface area contributed by atoms with Crippen LogP contribution in [0.1, 0.15) is 0 Å². The number of hydrogen-bond acceptors (Lipinski definition) is 0. The minimum Gasteiger partial charge on any atom is -0.0622 e. The second-order valence-corrected chi connectivity index (χ2v) is 29.9. The normalized spacial score (nSPS) is 10.9. The van der Waals surface area contributed by atoms with Gasteiger partial charge in [-0.25, -0.2) is 0 Å². The summed E-state index contributed by atoms with van der Waals surface area (Å²) >= 11 is 6.80. The molecule has 0 N–H and O–H groups in total. The Labute approximate surface area is 379 Å². The molecule has 0 bridgehead atoms. The summed E-state index contributed by atoms with van der Waals surface area (Å²) in [6, 6.07) is 88.4. The third-order valence-corrected chi connectivity index (χ3v) is 20.4. The van der Waals surface area contributed by atoms with Gasteiger partial charge in [-0.05, 0) is 98.8 Å². The molecule has 0 unspecified atom stereocenters. The molecular weight excluding hydrogens is 1010 g/mol. The van der Waals surface area contributed by atoms with Crippen molar-refractivity contribution in [2.75, 3.05) is 24.6 Å². The summed E-state index contributed by atoms with van der Waals surface area (Å²) in [4.78, 5) is 0. The van der Waals surface area contributed by atoms with Crippen molar-refractivity contribution in [1.29, 1.82) is 0 Å². The van der Waals surface area contributed by atoms with E-state index in [0.29, 0.717) is 13.9 Å². The average molecular weight is 1060 g/mol. The standard InChI is InChI=1S/2C26H24P2.2BrH.Pd/c2*1-5-13-23(14-6-1)27(24-15-7-2-8-16-24)21-22-28(25-17-9-3-10-18-25)26-19-11-4-12-20-26;;;/h2*1-20H,21-22H2;2*1H;/q;;;;+2/p-2. The van der Waals surface area contributed by atoms with E-state index in [2.05, 4.69) is 270 Å². The Balaban J connectivity index is 0.000000186. The van der Waals surface area contributed by atoms with Gasteiger partial charge in [0.15, 0.2) is 0 Å². The predicted octanol–water partition coefficient (Wildman–Crippen LogP) is 12.2. The van der Waals surface area contributed by atoms with Crippen molar-refractivity contribution in [1.82, 2.24) is 0 Å². The number of benzene rings is 8. The van der Waals surface area contributed by atoms with Gasteiger partial charge in [-0.15, -0.1) is 0 Å². The van der Waals surface area contributed by atoms with Gasteiger partial charge in [-0.1, -0.05) is 243 Å². The largest absolute Gasteiger partial charge is 0.0622 e. The molecule has 8 aromatic rings. The molecule has 8 aromatic carbocycles. The first kappa shape index (κ1) is 45.6. The minimum atomic E-state index is -0.348. The molecule has 0 saturated heterocycles. The first-order chi connectivity index (χ1) is 29.2. The summed E-state index contributed by atoms with van der Waals surface area (Å²) in [5.74, 6) is 0. The third-order valence-electron chi connectivity index (χ3n) is 9.64. The predicted molar refractivity (Wildman–Crippen MR) is 274 cm³/mol. The average Bonchev–Trinajstić information content (AvgIpc) is 3.32. The van der Waals surface area contributed by atoms with Crippen molar-refractivity contribution < 1.29 is 13.9 Å². The molecule has 0 aliphatic heterocycles. The molecule has 300 valence electrons. The Morgan fingerprint density at radius 2 is 0.322 bits per heavy atom. The molecule has 59 heavy (non-hydrogen) atoms. The zero-order chi connectivity index (χ0) is 40.7. The molecule has 7 heteroatoms. The van der Waals surface area contributed by atoms with Crippen LogP contribution in [0.25, 0.3) is 0 Å². The van der Waals surface area contributed by atoms with Crippen LogP contribution >= 0.6 is 58.5 Å². The Morgan fingerprint density at radius 3 is 0.424 bits per heavy atom. The quantitative estimate of drug-likeness (QED) is 0.0752. The maximum atomic E-state index is 3.11. The van der Waals surface area contributed by atoms with E-state index in [1.54, 1.807) is 0 Å². The maximum Gasteiger partial charge on any atom is -0.0195 e. The summed E-state index contributed by atoms with van der Waals surface area (Å²) in [5, 5.41) is 11.8. The van der Waals surface area contributed by atoms with Crippen LogP contribution in [0.3, 0.4) is 0 Å². The van der Waals surface area contributed by atoms with Crippen LogP contribution < -0.4 is 42.4 Å². The second-order valence-electron chi connectivity index (χ2n) is 13.3. The van der Waals surface area contributed by atoms with E-state index in [9.17, 15) is 0 Å². The van der Waals surface area contributed by atoms with Gasteiger partial charge in [0.25, 0.3) is 0 Å². The molecule has 0 radical (unpaired) electrons. The van der Waals surface area contributed by atoms with Crippen LogP contribution in [0.5, 0.6) is 0 Å². The Morgan fingerprint density at radius 1 is 0.220 bits per heavy atom. The molecule has 0 heterocycles. The van der Waals surface area contributed by atoms with Gasteiger partial charge in [0, 0.05) is 0 Å². The first-order valence-corrected chi connectivity index (χ1v) is 32.8. The van der Waals surface area contributed by atoms with E-state index >= 15 is 0 Å². The van der Waals surface area contributed by atoms with E-state index < -0.39 is 0 Å². The van der Waals surface area contributed by atoms with E-state index in [1.807, 2.05) is 0 Å². The zero-order valence-corrected chi connectivity index (χ0v) is 41.1. The summed E-state index contributed by atoms with van der Waals surface area (Å²) in [6.45, 7) is 0. The first-order valence-electron chi connectivity index (χ1n) is 19.6. The number of halogens is 2. The monoisotopic (exact) mass is 1060 g/mol. The van der Waals surface area contributed by atoms with Gasteiger partial charge >= 0.3 is 40.8 Å². The second kappa shape index (κ2) is 26.4. The van der Waals surface area contributed by atoms with Gasteiger partial charge < -0.3 is 0 Å². The van der Waals surface area contributed by atoms with Gasteiger partial charge in [0.2, 0.25) is 0 Å². The van der Waals surface area contributed by atoms with Crippen molar-refractivity contribution in [2.24, 2.45) is 0 Å². The van der Waals surface area contributed by atoms with Crippen molar-refractivity contribution >= 4 is 101 Å². The molecule has 0 saturated carbocycles. The third kappa shape index (κ3) is 14.6. The van der Waals surface area contributed by atoms with Gasteiger partial charge in [0.05, 0.1) is 0 Å². The van der Waals surface area contributed by atoms with Gasteiger partial charge in [-0.2, -0.15) is 0 Å². The van der Waals surface area contributed by atoms with Crippen LogP contribution in [-0.4, -0.2) is 24.6 Å². The molecule has 0 aliphatic rings. The Kier molecular flexibility index (Phi) is 20.4. The summed E-state index contributed by atoms with van der Waals surface area (Å²) in [7, 11) is -1.39. The summed E-state index contributed by atoms with van der Waals surface area (Å²) in [5.41, 5.74) is 0. The fraction of sp³-hybridized carbons (Fsp3) is 0.0769. The molecule has 0 atom stereocenters. The van der Waals surface area contributed by atoms with E-state index in [4.69, 9.17) is 0 Å². The fourth-order valence-corrected chi connectivity index (χ4v) is 17.6.